The van der Waals surface area contributed by atoms with Crippen molar-refractivity contribution in [2.24, 2.45) is 0 Å². The molecule has 4 N–H and O–H groups in total. The Balaban J connectivity index is 2.56. The quantitative estimate of drug-likeness (QED) is 0.631. The molecule has 0 aliphatic heterocycles. The van der Waals surface area contributed by atoms with Gasteiger partial charge in [-0.25, -0.2) is 10.2 Å². The van der Waals surface area contributed by atoms with Gasteiger partial charge in [0.2, 0.25) is 0 Å². The molecule has 1 rings (SSSR count). The van der Waals surface area contributed by atoms with Crippen LogP contribution in [-0.2, 0) is 4.74 Å². The number of nitrogens with one attached hydrogen (secondary N) is 2. The predicted octanol–water partition coefficient (Wildman–Crippen LogP) is 2.19. The summed E-state index contributed by atoms with van der Waals surface area (Å²) in [6.07, 6.45) is -0.599. The average Bonchev–Trinajstić information content (AvgIpc) is 2.23. The fourth-order valence-electron chi connectivity index (χ4n) is 1.45. The summed E-state index contributed by atoms with van der Waals surface area (Å²) in [7, 11) is 0. The normalized spacial score (nSPS) is 12.8. The van der Waals surface area contributed by atoms with Crippen molar-refractivity contribution in [2.45, 2.75) is 39.3 Å². The zero-order valence-electron chi connectivity index (χ0n) is 11.5. The van der Waals surface area contributed by atoms with Crippen LogP contribution in [0.15, 0.2) is 18.2 Å². The number of carbonyl (C=O) groups is 1. The van der Waals surface area contributed by atoms with Crippen molar-refractivity contribution < 1.29 is 19.7 Å². The second-order valence-corrected chi connectivity index (χ2v) is 5.24. The number of ether oxygens (including phenoxy) is 1. The van der Waals surface area contributed by atoms with Gasteiger partial charge in [0.05, 0.1) is 6.04 Å². The molecule has 0 aliphatic rings. The maximum Gasteiger partial charge on any atom is 0.422 e. The summed E-state index contributed by atoms with van der Waals surface area (Å²) in [5.74, 6) is -0.0699. The SMILES string of the molecule is CC(NNC(=O)OC(C)(C)C)c1ccc(O)cc1O. The molecule has 0 fully saturated rings. The molecule has 1 aromatic carbocycles. The van der Waals surface area contributed by atoms with E-state index in [4.69, 9.17) is 4.74 Å². The smallest absolute Gasteiger partial charge is 0.422 e. The van der Waals surface area contributed by atoms with Crippen LogP contribution in [-0.4, -0.2) is 21.9 Å². The number of phenolic OH excluding ortho intramolecular Hbond substituents is 2. The maximum absolute atomic E-state index is 11.4. The Kier molecular flexibility index (Phi) is 4.61. The van der Waals surface area contributed by atoms with Gasteiger partial charge >= 0.3 is 6.09 Å². The summed E-state index contributed by atoms with van der Waals surface area (Å²) < 4.78 is 5.06. The Labute approximate surface area is 112 Å². The standard InChI is InChI=1S/C13H20N2O4/c1-8(10-6-5-9(16)7-11(10)17)14-15-12(18)19-13(2,3)4/h5-8,14,16-17H,1-4H3,(H,15,18). The van der Waals surface area contributed by atoms with Crippen molar-refractivity contribution in [3.63, 3.8) is 0 Å². The molecule has 0 heterocycles. The molecule has 6 heteroatoms. The highest BCUT2D eigenvalue weighted by Gasteiger charge is 2.17. The molecule has 106 valence electrons. The maximum atomic E-state index is 11.4. The van der Waals surface area contributed by atoms with Crippen molar-refractivity contribution in [3.05, 3.63) is 23.8 Å². The molecule has 0 saturated carbocycles. The van der Waals surface area contributed by atoms with E-state index >= 15 is 0 Å². The third-order valence-corrected chi connectivity index (χ3v) is 2.27. The summed E-state index contributed by atoms with van der Waals surface area (Å²) in [5.41, 5.74) is 5.09. The van der Waals surface area contributed by atoms with E-state index in [0.717, 1.165) is 0 Å². The first-order valence-electron chi connectivity index (χ1n) is 5.95. The minimum atomic E-state index is -0.599. The fraction of sp³-hybridized carbons (Fsp3) is 0.462. The topological polar surface area (TPSA) is 90.8 Å². The number of aromatic hydroxyl groups is 2. The van der Waals surface area contributed by atoms with Crippen molar-refractivity contribution in [2.75, 3.05) is 0 Å². The summed E-state index contributed by atoms with van der Waals surface area (Å²) >= 11 is 0. The number of benzene rings is 1. The Morgan fingerprint density at radius 1 is 1.32 bits per heavy atom. The summed E-state index contributed by atoms with van der Waals surface area (Å²) in [4.78, 5) is 11.4. The zero-order valence-corrected chi connectivity index (χ0v) is 11.5. The van der Waals surface area contributed by atoms with Gasteiger partial charge in [-0.1, -0.05) is 6.07 Å². The summed E-state index contributed by atoms with van der Waals surface area (Å²) in [6, 6.07) is 3.92. The second kappa shape index (κ2) is 5.79. The number of hydrogen-bond acceptors (Lipinski definition) is 5. The largest absolute Gasteiger partial charge is 0.508 e. The Morgan fingerprint density at radius 3 is 2.47 bits per heavy atom. The molecule has 0 aliphatic carbocycles. The number of carbonyl (C=O) groups excluding carboxylic acids is 1. The summed E-state index contributed by atoms with van der Waals surface area (Å²) in [5, 5.41) is 18.9. The monoisotopic (exact) mass is 268 g/mol. The first-order valence-corrected chi connectivity index (χ1v) is 5.95. The highest BCUT2D eigenvalue weighted by molar-refractivity contribution is 5.67. The lowest BCUT2D eigenvalue weighted by Gasteiger charge is -2.21. The Hall–Kier alpha value is -1.95. The lowest BCUT2D eigenvalue weighted by atomic mass is 10.1. The van der Waals surface area contributed by atoms with Crippen LogP contribution in [0.3, 0.4) is 0 Å². The molecular formula is C13H20N2O4. The van der Waals surface area contributed by atoms with Crippen LogP contribution in [0, 0.1) is 0 Å². The molecule has 1 unspecified atom stereocenters. The zero-order chi connectivity index (χ0) is 14.6. The first-order chi connectivity index (χ1) is 8.69. The number of amides is 1. The van der Waals surface area contributed by atoms with Crippen molar-refractivity contribution in [1.29, 1.82) is 0 Å². The molecule has 0 aromatic heterocycles. The van der Waals surface area contributed by atoms with E-state index < -0.39 is 11.7 Å². The van der Waals surface area contributed by atoms with Crippen LogP contribution < -0.4 is 10.9 Å². The average molecular weight is 268 g/mol. The van der Waals surface area contributed by atoms with Crippen molar-refractivity contribution >= 4 is 6.09 Å². The van der Waals surface area contributed by atoms with E-state index in [-0.39, 0.29) is 17.5 Å². The van der Waals surface area contributed by atoms with Gasteiger partial charge in [0.15, 0.2) is 0 Å². The molecular weight excluding hydrogens is 248 g/mol. The highest BCUT2D eigenvalue weighted by Crippen LogP contribution is 2.27. The minimum Gasteiger partial charge on any atom is -0.508 e. The van der Waals surface area contributed by atoms with Crippen molar-refractivity contribution in [1.82, 2.24) is 10.9 Å². The first kappa shape index (κ1) is 15.1. The van der Waals surface area contributed by atoms with Crippen LogP contribution in [0.4, 0.5) is 4.79 Å². The molecule has 1 amide bonds. The number of hydrogen-bond donors (Lipinski definition) is 4. The van der Waals surface area contributed by atoms with Gasteiger partial charge in [-0.3, -0.25) is 5.43 Å². The molecule has 0 spiro atoms. The lowest BCUT2D eigenvalue weighted by molar-refractivity contribution is 0.0489. The number of hydrazine groups is 1. The van der Waals surface area contributed by atoms with E-state index in [0.29, 0.717) is 5.56 Å². The van der Waals surface area contributed by atoms with Crippen LogP contribution in [0.5, 0.6) is 11.5 Å². The van der Waals surface area contributed by atoms with Crippen LogP contribution in [0.2, 0.25) is 0 Å². The van der Waals surface area contributed by atoms with Crippen LogP contribution >= 0.6 is 0 Å². The molecule has 0 bridgehead atoms. The van der Waals surface area contributed by atoms with Gasteiger partial charge in [0.25, 0.3) is 0 Å². The van der Waals surface area contributed by atoms with E-state index in [1.807, 2.05) is 0 Å². The molecule has 19 heavy (non-hydrogen) atoms. The van der Waals surface area contributed by atoms with Gasteiger partial charge in [-0.05, 0) is 33.8 Å². The molecule has 6 nitrogen and oxygen atoms in total. The molecule has 1 atom stereocenters. The van der Waals surface area contributed by atoms with Gasteiger partial charge in [-0.2, -0.15) is 0 Å². The minimum absolute atomic E-state index is 0.0199. The van der Waals surface area contributed by atoms with Crippen LogP contribution in [0.25, 0.3) is 0 Å². The van der Waals surface area contributed by atoms with Gasteiger partial charge in [-0.15, -0.1) is 0 Å². The van der Waals surface area contributed by atoms with Crippen molar-refractivity contribution in [3.8, 4) is 11.5 Å². The molecule has 0 saturated heterocycles. The second-order valence-electron chi connectivity index (χ2n) is 5.24. The van der Waals surface area contributed by atoms with E-state index in [2.05, 4.69) is 10.9 Å². The van der Waals surface area contributed by atoms with E-state index in [9.17, 15) is 15.0 Å². The number of phenols is 2. The van der Waals surface area contributed by atoms with Crippen LogP contribution in [0.1, 0.15) is 39.3 Å². The molecule has 1 aromatic rings. The predicted molar refractivity (Wildman–Crippen MR) is 70.7 cm³/mol. The Bertz CT molecular complexity index is 454. The third-order valence-electron chi connectivity index (χ3n) is 2.27. The lowest BCUT2D eigenvalue weighted by Crippen LogP contribution is -2.42. The van der Waals surface area contributed by atoms with E-state index in [1.165, 1.54) is 12.1 Å². The summed E-state index contributed by atoms with van der Waals surface area (Å²) in [6.45, 7) is 7.05. The van der Waals surface area contributed by atoms with Gasteiger partial charge < -0.3 is 14.9 Å². The Morgan fingerprint density at radius 2 is 1.95 bits per heavy atom. The molecule has 0 radical (unpaired) electrons. The van der Waals surface area contributed by atoms with E-state index in [1.54, 1.807) is 33.8 Å². The van der Waals surface area contributed by atoms with Gasteiger partial charge in [0.1, 0.15) is 17.1 Å². The fourth-order valence-corrected chi connectivity index (χ4v) is 1.45. The highest BCUT2D eigenvalue weighted by atomic mass is 16.6. The third kappa shape index (κ3) is 5.05. The van der Waals surface area contributed by atoms with Gasteiger partial charge in [0, 0.05) is 11.6 Å². The number of rotatable bonds is 3.